The Kier molecular flexibility index (Phi) is 3.99. The van der Waals surface area contributed by atoms with Crippen LogP contribution in [0.15, 0.2) is 12.7 Å². The molecule has 1 nitrogen and oxygen atoms in total. The van der Waals surface area contributed by atoms with Gasteiger partial charge in [-0.2, -0.15) is 0 Å². The van der Waals surface area contributed by atoms with Gasteiger partial charge in [0, 0.05) is 6.04 Å². The van der Waals surface area contributed by atoms with E-state index in [1.807, 2.05) is 6.08 Å². The van der Waals surface area contributed by atoms with Crippen LogP contribution < -0.4 is 5.32 Å². The van der Waals surface area contributed by atoms with Crippen molar-refractivity contribution < 1.29 is 0 Å². The highest BCUT2D eigenvalue weighted by Gasteiger charge is 2.37. The first kappa shape index (κ1) is 12.8. The van der Waals surface area contributed by atoms with Gasteiger partial charge in [0.15, 0.2) is 0 Å². The second-order valence-corrected chi connectivity index (χ2v) is 6.64. The second kappa shape index (κ2) is 4.69. The Balaban J connectivity index is 2.47. The molecule has 1 aliphatic carbocycles. The maximum atomic E-state index is 3.76. The molecule has 1 N–H and O–H groups in total. The lowest BCUT2D eigenvalue weighted by Crippen LogP contribution is -2.44. The minimum absolute atomic E-state index is 0.494. The van der Waals surface area contributed by atoms with Gasteiger partial charge in [-0.05, 0) is 43.1 Å². The van der Waals surface area contributed by atoms with E-state index in [1.165, 1.54) is 19.3 Å². The van der Waals surface area contributed by atoms with Crippen molar-refractivity contribution in [2.45, 2.75) is 59.4 Å². The van der Waals surface area contributed by atoms with E-state index in [9.17, 15) is 0 Å². The Hall–Kier alpha value is -0.300. The fourth-order valence-corrected chi connectivity index (χ4v) is 3.38. The van der Waals surface area contributed by atoms with Crippen molar-refractivity contribution in [3.8, 4) is 0 Å². The molecule has 1 fully saturated rings. The summed E-state index contributed by atoms with van der Waals surface area (Å²) in [4.78, 5) is 0. The lowest BCUT2D eigenvalue weighted by molar-refractivity contribution is 0.0855. The monoisotopic (exact) mass is 209 g/mol. The maximum Gasteiger partial charge on any atom is 0.00773 e. The first-order valence-electron chi connectivity index (χ1n) is 6.19. The fraction of sp³-hybridized carbons (Fsp3) is 0.857. The predicted molar refractivity (Wildman–Crippen MR) is 68.0 cm³/mol. The van der Waals surface area contributed by atoms with Gasteiger partial charge in [-0.3, -0.25) is 0 Å². The maximum absolute atomic E-state index is 3.76. The Morgan fingerprint density at radius 2 is 1.73 bits per heavy atom. The number of hydrogen-bond donors (Lipinski definition) is 1. The lowest BCUT2D eigenvalue weighted by atomic mass is 9.63. The molecule has 0 bridgehead atoms. The summed E-state index contributed by atoms with van der Waals surface area (Å²) in [5.41, 5.74) is 0.987. The summed E-state index contributed by atoms with van der Waals surface area (Å²) in [6, 6.07) is 0.698. The molecular formula is C14H27N. The zero-order valence-electron chi connectivity index (χ0n) is 10.9. The molecule has 0 amide bonds. The van der Waals surface area contributed by atoms with Gasteiger partial charge in [-0.1, -0.05) is 33.8 Å². The normalized spacial score (nSPS) is 25.1. The summed E-state index contributed by atoms with van der Waals surface area (Å²) in [6.45, 7) is 14.4. The molecule has 1 aliphatic rings. The van der Waals surface area contributed by atoms with Crippen molar-refractivity contribution in [3.63, 3.8) is 0 Å². The standard InChI is InChI=1S/C14H27N/c1-6-7-8-15-12-9-13(2,3)11-14(4,5)10-12/h6,12,15H,1,7-11H2,2-5H3. The van der Waals surface area contributed by atoms with Crippen LogP contribution in [0.4, 0.5) is 0 Å². The van der Waals surface area contributed by atoms with E-state index in [0.29, 0.717) is 16.9 Å². The van der Waals surface area contributed by atoms with E-state index in [-0.39, 0.29) is 0 Å². The van der Waals surface area contributed by atoms with Crippen LogP contribution in [0.5, 0.6) is 0 Å². The molecule has 0 heterocycles. The van der Waals surface area contributed by atoms with Crippen molar-refractivity contribution in [2.24, 2.45) is 10.8 Å². The molecule has 0 spiro atoms. The van der Waals surface area contributed by atoms with Gasteiger partial charge < -0.3 is 5.32 Å². The topological polar surface area (TPSA) is 12.0 Å². The molecule has 1 rings (SSSR count). The number of nitrogens with one attached hydrogen (secondary N) is 1. The summed E-state index contributed by atoms with van der Waals surface area (Å²) < 4.78 is 0. The van der Waals surface area contributed by atoms with Gasteiger partial charge in [0.05, 0.1) is 0 Å². The first-order chi connectivity index (χ1) is 6.85. The molecule has 15 heavy (non-hydrogen) atoms. The van der Waals surface area contributed by atoms with Crippen molar-refractivity contribution in [1.82, 2.24) is 5.32 Å². The molecule has 0 aromatic rings. The second-order valence-electron chi connectivity index (χ2n) is 6.64. The van der Waals surface area contributed by atoms with Crippen LogP contribution in [0.3, 0.4) is 0 Å². The molecule has 0 aromatic carbocycles. The summed E-state index contributed by atoms with van der Waals surface area (Å²) in [7, 11) is 0. The van der Waals surface area contributed by atoms with Crippen LogP contribution in [0, 0.1) is 10.8 Å². The summed E-state index contributed by atoms with van der Waals surface area (Å²) in [5.74, 6) is 0. The largest absolute Gasteiger partial charge is 0.314 e. The van der Waals surface area contributed by atoms with Gasteiger partial charge >= 0.3 is 0 Å². The van der Waals surface area contributed by atoms with E-state index < -0.39 is 0 Å². The van der Waals surface area contributed by atoms with E-state index in [1.54, 1.807) is 0 Å². The zero-order chi connectivity index (χ0) is 11.5. The number of rotatable bonds is 4. The van der Waals surface area contributed by atoms with Crippen molar-refractivity contribution in [2.75, 3.05) is 6.54 Å². The SMILES string of the molecule is C=CCCNC1CC(C)(C)CC(C)(C)C1. The van der Waals surface area contributed by atoms with Gasteiger partial charge in [0.1, 0.15) is 0 Å². The van der Waals surface area contributed by atoms with Crippen molar-refractivity contribution >= 4 is 0 Å². The van der Waals surface area contributed by atoms with Crippen molar-refractivity contribution in [3.05, 3.63) is 12.7 Å². The van der Waals surface area contributed by atoms with Crippen LogP contribution in [-0.4, -0.2) is 12.6 Å². The minimum Gasteiger partial charge on any atom is -0.314 e. The van der Waals surface area contributed by atoms with Crippen LogP contribution in [-0.2, 0) is 0 Å². The van der Waals surface area contributed by atoms with Gasteiger partial charge in [0.2, 0.25) is 0 Å². The highest BCUT2D eigenvalue weighted by Crippen LogP contribution is 2.45. The molecule has 0 unspecified atom stereocenters. The Morgan fingerprint density at radius 1 is 1.20 bits per heavy atom. The summed E-state index contributed by atoms with van der Waals surface area (Å²) >= 11 is 0. The third-order valence-corrected chi connectivity index (χ3v) is 3.34. The molecule has 1 saturated carbocycles. The summed E-state index contributed by atoms with van der Waals surface area (Å²) in [6.07, 6.45) is 7.05. The third-order valence-electron chi connectivity index (χ3n) is 3.34. The van der Waals surface area contributed by atoms with E-state index >= 15 is 0 Å². The van der Waals surface area contributed by atoms with Crippen LogP contribution in [0.25, 0.3) is 0 Å². The molecule has 0 saturated heterocycles. The average Bonchev–Trinajstić information content (AvgIpc) is 1.98. The van der Waals surface area contributed by atoms with E-state index in [2.05, 4.69) is 39.6 Å². The Bertz CT molecular complexity index is 199. The third kappa shape index (κ3) is 4.38. The molecule has 0 aliphatic heterocycles. The average molecular weight is 209 g/mol. The highest BCUT2D eigenvalue weighted by molar-refractivity contribution is 4.92. The number of hydrogen-bond acceptors (Lipinski definition) is 1. The smallest absolute Gasteiger partial charge is 0.00773 e. The van der Waals surface area contributed by atoms with Crippen LogP contribution in [0.1, 0.15) is 53.4 Å². The molecule has 1 heteroatoms. The quantitative estimate of drug-likeness (QED) is 0.549. The van der Waals surface area contributed by atoms with Crippen molar-refractivity contribution in [1.29, 1.82) is 0 Å². The zero-order valence-corrected chi connectivity index (χ0v) is 10.9. The van der Waals surface area contributed by atoms with Gasteiger partial charge in [-0.15, -0.1) is 6.58 Å². The summed E-state index contributed by atoms with van der Waals surface area (Å²) in [5, 5.41) is 3.66. The molecule has 0 atom stereocenters. The fourth-order valence-electron chi connectivity index (χ4n) is 3.38. The molecule has 88 valence electrons. The van der Waals surface area contributed by atoms with Gasteiger partial charge in [0.25, 0.3) is 0 Å². The highest BCUT2D eigenvalue weighted by atomic mass is 14.9. The van der Waals surface area contributed by atoms with Gasteiger partial charge in [-0.25, -0.2) is 0 Å². The Labute approximate surface area is 95.3 Å². The lowest BCUT2D eigenvalue weighted by Gasteiger charge is -2.45. The first-order valence-corrected chi connectivity index (χ1v) is 6.19. The Morgan fingerprint density at radius 3 is 2.20 bits per heavy atom. The van der Waals surface area contributed by atoms with Crippen LogP contribution >= 0.6 is 0 Å². The minimum atomic E-state index is 0.494. The van der Waals surface area contributed by atoms with E-state index in [0.717, 1.165) is 13.0 Å². The van der Waals surface area contributed by atoms with E-state index in [4.69, 9.17) is 0 Å². The molecule has 0 radical (unpaired) electrons. The predicted octanol–water partition coefficient (Wildman–Crippen LogP) is 3.76. The molecule has 0 aromatic heterocycles. The molecular weight excluding hydrogens is 182 g/mol. The van der Waals surface area contributed by atoms with Crippen LogP contribution in [0.2, 0.25) is 0 Å².